The van der Waals surface area contributed by atoms with Crippen molar-refractivity contribution in [3.8, 4) is 23.3 Å². The van der Waals surface area contributed by atoms with Crippen LogP contribution in [0.4, 0.5) is 5.82 Å². The van der Waals surface area contributed by atoms with E-state index in [0.29, 0.717) is 41.6 Å². The summed E-state index contributed by atoms with van der Waals surface area (Å²) in [7, 11) is 0. The van der Waals surface area contributed by atoms with Crippen LogP contribution in [0.25, 0.3) is 16.9 Å². The van der Waals surface area contributed by atoms with Gasteiger partial charge in [0.05, 0.1) is 24.9 Å². The van der Waals surface area contributed by atoms with Crippen LogP contribution in [-0.2, 0) is 9.53 Å². The summed E-state index contributed by atoms with van der Waals surface area (Å²) in [5.41, 5.74) is 6.83. The summed E-state index contributed by atoms with van der Waals surface area (Å²) < 4.78 is 14.4. The molecule has 0 bridgehead atoms. The van der Waals surface area contributed by atoms with Gasteiger partial charge in [0.25, 0.3) is 5.91 Å². The minimum atomic E-state index is -0.491. The van der Waals surface area contributed by atoms with E-state index in [1.165, 1.54) is 10.9 Å². The number of imidazole rings is 1. The first-order valence-electron chi connectivity index (χ1n) is 14.1. The Hall–Kier alpha value is -4.99. The maximum Gasteiger partial charge on any atom is 0.335 e. The van der Waals surface area contributed by atoms with Crippen molar-refractivity contribution in [3.05, 3.63) is 83.1 Å². The molecule has 220 valence electrons. The van der Waals surface area contributed by atoms with Crippen LogP contribution in [0.5, 0.6) is 11.5 Å². The van der Waals surface area contributed by atoms with Crippen LogP contribution in [0.2, 0.25) is 0 Å². The number of morpholine rings is 1. The van der Waals surface area contributed by atoms with Crippen molar-refractivity contribution in [2.24, 2.45) is 0 Å². The predicted molar refractivity (Wildman–Crippen MR) is 160 cm³/mol. The Bertz CT molecular complexity index is 1770. The fourth-order valence-corrected chi connectivity index (χ4v) is 5.60. The number of ether oxygens (including phenoxy) is 2. The molecule has 1 amide bonds. The number of fused-ring (bicyclic) bond motifs is 1. The topological polar surface area (TPSA) is 145 Å². The van der Waals surface area contributed by atoms with Crippen molar-refractivity contribution in [2.75, 3.05) is 45.1 Å². The first-order valence-corrected chi connectivity index (χ1v) is 14.1. The molecule has 0 atom stereocenters. The number of anilines is 1. The van der Waals surface area contributed by atoms with E-state index in [2.05, 4.69) is 20.9 Å². The summed E-state index contributed by atoms with van der Waals surface area (Å²) >= 11 is 0. The van der Waals surface area contributed by atoms with Gasteiger partial charge in [-0.3, -0.25) is 18.8 Å². The van der Waals surface area contributed by atoms with Crippen LogP contribution in [0.3, 0.4) is 0 Å². The van der Waals surface area contributed by atoms with Gasteiger partial charge in [-0.25, -0.2) is 14.8 Å². The summed E-state index contributed by atoms with van der Waals surface area (Å²) in [5.74, 6) is 1.12. The number of benzene rings is 2. The number of rotatable bonds is 7. The van der Waals surface area contributed by atoms with Crippen molar-refractivity contribution in [1.82, 2.24) is 28.9 Å². The van der Waals surface area contributed by atoms with E-state index in [0.717, 1.165) is 13.1 Å². The van der Waals surface area contributed by atoms with Gasteiger partial charge in [-0.2, -0.15) is 5.26 Å². The number of amides is 1. The van der Waals surface area contributed by atoms with E-state index in [1.807, 2.05) is 44.2 Å². The Balaban J connectivity index is 1.25. The Kier molecular flexibility index (Phi) is 7.43. The molecule has 2 fully saturated rings. The smallest absolute Gasteiger partial charge is 0.335 e. The molecule has 2 N–H and O–H groups in total. The number of hydrogen-bond acceptors (Lipinski definition) is 9. The predicted octanol–water partition coefficient (Wildman–Crippen LogP) is 2.90. The molecular formula is C31H32N8O4. The third-order valence-corrected chi connectivity index (χ3v) is 7.94. The molecule has 4 heterocycles. The van der Waals surface area contributed by atoms with Gasteiger partial charge in [0, 0.05) is 31.7 Å². The summed E-state index contributed by atoms with van der Waals surface area (Å²) in [6, 6.07) is 18.2. The SMILES string of the molecule is CC(C)(C=C(C#N)C(=O)N1CC(n2c(=O)n(-c3ccc(Oc4ccccc4)cc3)c3c(N)ncnc32)C1)N1CCOCC1. The van der Waals surface area contributed by atoms with Crippen molar-refractivity contribution >= 4 is 22.9 Å². The molecule has 0 spiro atoms. The molecule has 0 aliphatic carbocycles. The molecule has 12 heteroatoms. The fourth-order valence-electron chi connectivity index (χ4n) is 5.60. The van der Waals surface area contributed by atoms with Gasteiger partial charge in [-0.15, -0.1) is 0 Å². The highest BCUT2D eigenvalue weighted by Crippen LogP contribution is 2.30. The maximum atomic E-state index is 13.9. The van der Waals surface area contributed by atoms with Crippen molar-refractivity contribution in [3.63, 3.8) is 0 Å². The average molecular weight is 581 g/mol. The molecule has 12 nitrogen and oxygen atoms in total. The minimum Gasteiger partial charge on any atom is -0.457 e. The fraction of sp³-hybridized carbons (Fsp3) is 0.323. The van der Waals surface area contributed by atoms with Gasteiger partial charge in [0.15, 0.2) is 11.5 Å². The van der Waals surface area contributed by atoms with Crippen LogP contribution >= 0.6 is 0 Å². The first-order chi connectivity index (χ1) is 20.8. The molecule has 2 aromatic carbocycles. The van der Waals surface area contributed by atoms with Gasteiger partial charge < -0.3 is 20.1 Å². The van der Waals surface area contributed by atoms with E-state index in [9.17, 15) is 14.9 Å². The first kappa shape index (κ1) is 28.1. The van der Waals surface area contributed by atoms with E-state index in [1.54, 1.807) is 39.8 Å². The second kappa shape index (κ2) is 11.4. The van der Waals surface area contributed by atoms with Gasteiger partial charge in [0.1, 0.15) is 35.0 Å². The standard InChI is InChI=1S/C31H32N8O4/c1-31(2,37-12-14-42-15-13-37)16-21(17-32)29(40)36-18-23(19-36)39-28-26(27(33)34-20-35-28)38(30(39)41)22-8-10-25(11-9-22)43-24-6-4-3-5-7-24/h3-11,16,20,23H,12-15,18-19H2,1-2H3,(H2,33,34,35). The number of carbonyl (C=O) groups excluding carboxylic acids is 1. The minimum absolute atomic E-state index is 0.0779. The van der Waals surface area contributed by atoms with Crippen LogP contribution in [0, 0.1) is 11.3 Å². The number of nitrogens with zero attached hydrogens (tertiary/aromatic N) is 7. The summed E-state index contributed by atoms with van der Waals surface area (Å²) in [4.78, 5) is 39.5. The summed E-state index contributed by atoms with van der Waals surface area (Å²) in [6.45, 7) is 7.16. The Morgan fingerprint density at radius 3 is 2.42 bits per heavy atom. The highest BCUT2D eigenvalue weighted by Gasteiger charge is 2.38. The quantitative estimate of drug-likeness (QED) is 0.258. The molecule has 0 saturated carbocycles. The molecule has 43 heavy (non-hydrogen) atoms. The molecule has 4 aromatic rings. The number of carbonyl (C=O) groups is 1. The number of hydrogen-bond donors (Lipinski definition) is 1. The van der Waals surface area contributed by atoms with Crippen molar-refractivity contribution in [2.45, 2.75) is 25.4 Å². The van der Waals surface area contributed by atoms with E-state index < -0.39 is 5.54 Å². The van der Waals surface area contributed by atoms with Crippen molar-refractivity contribution in [1.29, 1.82) is 5.26 Å². The van der Waals surface area contributed by atoms with E-state index in [-0.39, 0.29) is 42.1 Å². The zero-order valence-corrected chi connectivity index (χ0v) is 24.0. The molecule has 2 aliphatic heterocycles. The summed E-state index contributed by atoms with van der Waals surface area (Å²) in [5, 5.41) is 9.85. The second-order valence-electron chi connectivity index (χ2n) is 11.1. The zero-order chi connectivity index (χ0) is 30.1. The van der Waals surface area contributed by atoms with E-state index in [4.69, 9.17) is 15.2 Å². The second-order valence-corrected chi connectivity index (χ2v) is 11.1. The third kappa shape index (κ3) is 5.36. The molecule has 6 rings (SSSR count). The van der Waals surface area contributed by atoms with Crippen LogP contribution in [0.15, 0.2) is 77.4 Å². The van der Waals surface area contributed by atoms with Crippen LogP contribution in [-0.4, -0.2) is 79.7 Å². The highest BCUT2D eigenvalue weighted by molar-refractivity contribution is 5.98. The largest absolute Gasteiger partial charge is 0.457 e. The number of para-hydroxylation sites is 1. The summed E-state index contributed by atoms with van der Waals surface area (Å²) in [6.07, 6.45) is 3.05. The lowest BCUT2D eigenvalue weighted by molar-refractivity contribution is -0.132. The Morgan fingerprint density at radius 1 is 1.07 bits per heavy atom. The van der Waals surface area contributed by atoms with Gasteiger partial charge in [-0.05, 0) is 56.3 Å². The molecule has 2 aromatic heterocycles. The normalized spacial score (nSPS) is 16.6. The number of nitrogen functional groups attached to an aromatic ring is 1. The average Bonchev–Trinajstić information content (AvgIpc) is 3.29. The van der Waals surface area contributed by atoms with Crippen LogP contribution in [0.1, 0.15) is 19.9 Å². The number of nitriles is 1. The number of likely N-dealkylation sites (tertiary alicyclic amines) is 1. The monoisotopic (exact) mass is 580 g/mol. The lowest BCUT2D eigenvalue weighted by Gasteiger charge is -2.41. The zero-order valence-electron chi connectivity index (χ0n) is 24.0. The van der Waals surface area contributed by atoms with Crippen LogP contribution < -0.4 is 16.2 Å². The maximum absolute atomic E-state index is 13.9. The molecule has 2 saturated heterocycles. The number of nitrogens with two attached hydrogens (primary N) is 1. The lowest BCUT2D eigenvalue weighted by atomic mass is 9.97. The lowest BCUT2D eigenvalue weighted by Crippen LogP contribution is -2.53. The molecule has 2 aliphatic rings. The van der Waals surface area contributed by atoms with E-state index >= 15 is 0 Å². The van der Waals surface area contributed by atoms with Gasteiger partial charge >= 0.3 is 5.69 Å². The molecular weight excluding hydrogens is 548 g/mol. The third-order valence-electron chi connectivity index (χ3n) is 7.94. The Morgan fingerprint density at radius 2 is 1.74 bits per heavy atom. The molecule has 0 unspecified atom stereocenters. The Labute approximate surface area is 248 Å². The van der Waals surface area contributed by atoms with Gasteiger partial charge in [-0.1, -0.05) is 18.2 Å². The number of aromatic nitrogens is 4. The highest BCUT2D eigenvalue weighted by atomic mass is 16.5. The van der Waals surface area contributed by atoms with Gasteiger partial charge in [0.2, 0.25) is 0 Å². The van der Waals surface area contributed by atoms with Crippen molar-refractivity contribution < 1.29 is 14.3 Å². The molecule has 0 radical (unpaired) electrons.